The van der Waals surface area contributed by atoms with Gasteiger partial charge in [0.25, 0.3) is 0 Å². The van der Waals surface area contributed by atoms with Crippen molar-refractivity contribution in [3.63, 3.8) is 0 Å². The van der Waals surface area contributed by atoms with Gasteiger partial charge in [-0.3, -0.25) is 0 Å². The molecule has 0 aliphatic heterocycles. The summed E-state index contributed by atoms with van der Waals surface area (Å²) in [6.07, 6.45) is 3.51. The van der Waals surface area contributed by atoms with Crippen LogP contribution in [-0.4, -0.2) is 24.8 Å². The van der Waals surface area contributed by atoms with Gasteiger partial charge in [-0.05, 0) is 39.7 Å². The van der Waals surface area contributed by atoms with Crippen molar-refractivity contribution in [1.29, 1.82) is 0 Å². The summed E-state index contributed by atoms with van der Waals surface area (Å²) < 4.78 is 5.22. The molecule has 0 saturated heterocycles. The predicted octanol–water partition coefficient (Wildman–Crippen LogP) is 2.03. The van der Waals surface area contributed by atoms with Gasteiger partial charge in [-0.25, -0.2) is 4.79 Å². The van der Waals surface area contributed by atoms with Crippen molar-refractivity contribution in [2.45, 2.75) is 52.1 Å². The highest BCUT2D eigenvalue weighted by atomic mass is 16.6. The molecule has 0 bridgehead atoms. The molecule has 1 amide bonds. The van der Waals surface area contributed by atoms with E-state index in [9.17, 15) is 4.79 Å². The lowest BCUT2D eigenvalue weighted by atomic mass is 10.1. The second kappa shape index (κ2) is 7.51. The Morgan fingerprint density at radius 2 is 2.00 bits per heavy atom. The van der Waals surface area contributed by atoms with E-state index in [1.807, 2.05) is 20.8 Å². The van der Waals surface area contributed by atoms with E-state index < -0.39 is 0 Å². The first-order valence-electron chi connectivity index (χ1n) is 5.68. The number of alkyl carbamates (subject to hydrolysis) is 1. The first-order valence-corrected chi connectivity index (χ1v) is 5.68. The summed E-state index contributed by atoms with van der Waals surface area (Å²) in [7, 11) is 0. The Labute approximate surface area is 92.6 Å². The van der Waals surface area contributed by atoms with E-state index in [4.69, 9.17) is 10.5 Å². The average Bonchev–Trinajstić information content (AvgIpc) is 2.17. The summed E-state index contributed by atoms with van der Waals surface area (Å²) in [5.74, 6) is 0. The Morgan fingerprint density at radius 1 is 1.33 bits per heavy atom. The zero-order valence-corrected chi connectivity index (χ0v) is 10.1. The molecule has 0 aromatic heterocycles. The fraction of sp³-hybridized carbons (Fsp3) is 0.909. The van der Waals surface area contributed by atoms with Gasteiger partial charge >= 0.3 is 6.09 Å². The zero-order valence-electron chi connectivity index (χ0n) is 10.1. The first kappa shape index (κ1) is 14.2. The Kier molecular flexibility index (Phi) is 7.13. The smallest absolute Gasteiger partial charge is 0.407 e. The maximum atomic E-state index is 11.3. The molecule has 0 heterocycles. The minimum absolute atomic E-state index is 0.324. The lowest BCUT2D eigenvalue weighted by molar-refractivity contribution is 0.0363. The van der Waals surface area contributed by atoms with E-state index in [1.54, 1.807) is 0 Å². The molecule has 0 aromatic carbocycles. The van der Waals surface area contributed by atoms with Gasteiger partial charge in [0, 0.05) is 6.54 Å². The standard InChI is InChI=1S/C11H24N2O2/c1-4-11(2,3)15-10(14)13-9-7-5-6-8-12/h4-9,12H2,1-3H3,(H,13,14). The highest BCUT2D eigenvalue weighted by Gasteiger charge is 2.19. The number of ether oxygens (including phenoxy) is 1. The largest absolute Gasteiger partial charge is 0.444 e. The van der Waals surface area contributed by atoms with Gasteiger partial charge in [0.05, 0.1) is 0 Å². The number of nitrogens with two attached hydrogens (primary N) is 1. The lowest BCUT2D eigenvalue weighted by Gasteiger charge is -2.23. The SMILES string of the molecule is CCC(C)(C)OC(=O)NCCCCCN. The second-order valence-electron chi connectivity index (χ2n) is 4.28. The fourth-order valence-electron chi connectivity index (χ4n) is 0.996. The molecule has 0 unspecified atom stereocenters. The lowest BCUT2D eigenvalue weighted by Crippen LogP contribution is -2.34. The molecule has 0 aliphatic carbocycles. The quantitative estimate of drug-likeness (QED) is 0.640. The zero-order chi connectivity index (χ0) is 11.7. The molecule has 0 radical (unpaired) electrons. The van der Waals surface area contributed by atoms with Gasteiger partial charge in [-0.1, -0.05) is 13.3 Å². The van der Waals surface area contributed by atoms with Crippen LogP contribution in [0.3, 0.4) is 0 Å². The van der Waals surface area contributed by atoms with Crippen molar-refractivity contribution < 1.29 is 9.53 Å². The van der Waals surface area contributed by atoms with E-state index in [-0.39, 0.29) is 11.7 Å². The fourth-order valence-corrected chi connectivity index (χ4v) is 0.996. The van der Waals surface area contributed by atoms with Crippen molar-refractivity contribution in [1.82, 2.24) is 5.32 Å². The van der Waals surface area contributed by atoms with Crippen molar-refractivity contribution in [3.05, 3.63) is 0 Å². The summed E-state index contributed by atoms with van der Waals surface area (Å²) in [5, 5.41) is 2.73. The number of hydrogen-bond acceptors (Lipinski definition) is 3. The maximum Gasteiger partial charge on any atom is 0.407 e. The van der Waals surface area contributed by atoms with Crippen LogP contribution in [0.25, 0.3) is 0 Å². The van der Waals surface area contributed by atoms with E-state index in [0.29, 0.717) is 13.1 Å². The van der Waals surface area contributed by atoms with E-state index in [1.165, 1.54) is 0 Å². The molecule has 90 valence electrons. The van der Waals surface area contributed by atoms with Crippen molar-refractivity contribution in [2.24, 2.45) is 5.73 Å². The number of amides is 1. The topological polar surface area (TPSA) is 64.3 Å². The minimum atomic E-state index is -0.374. The molecule has 0 atom stereocenters. The molecule has 15 heavy (non-hydrogen) atoms. The van der Waals surface area contributed by atoms with Gasteiger partial charge < -0.3 is 15.8 Å². The van der Waals surface area contributed by atoms with Crippen LogP contribution in [0, 0.1) is 0 Å². The van der Waals surface area contributed by atoms with Gasteiger partial charge in [0.1, 0.15) is 5.60 Å². The first-order chi connectivity index (χ1) is 7.02. The van der Waals surface area contributed by atoms with Crippen LogP contribution in [0.4, 0.5) is 4.79 Å². The number of nitrogens with one attached hydrogen (secondary N) is 1. The Morgan fingerprint density at radius 3 is 2.53 bits per heavy atom. The monoisotopic (exact) mass is 216 g/mol. The molecule has 4 nitrogen and oxygen atoms in total. The normalized spacial score (nSPS) is 11.2. The van der Waals surface area contributed by atoms with Crippen molar-refractivity contribution >= 4 is 6.09 Å². The maximum absolute atomic E-state index is 11.3. The highest BCUT2D eigenvalue weighted by molar-refractivity contribution is 5.67. The Bertz CT molecular complexity index is 181. The van der Waals surface area contributed by atoms with Crippen molar-refractivity contribution in [3.8, 4) is 0 Å². The van der Waals surface area contributed by atoms with Crippen LogP contribution in [0.15, 0.2) is 0 Å². The van der Waals surface area contributed by atoms with Gasteiger partial charge in [-0.2, -0.15) is 0 Å². The Balaban J connectivity index is 3.49. The van der Waals surface area contributed by atoms with E-state index >= 15 is 0 Å². The molecular weight excluding hydrogens is 192 g/mol. The summed E-state index contributed by atoms with van der Waals surface area (Å²) in [6.45, 7) is 7.18. The molecule has 3 N–H and O–H groups in total. The molecular formula is C11H24N2O2. The van der Waals surface area contributed by atoms with Crippen LogP contribution < -0.4 is 11.1 Å². The third kappa shape index (κ3) is 8.24. The molecule has 0 saturated carbocycles. The molecule has 0 spiro atoms. The summed E-state index contributed by atoms with van der Waals surface area (Å²) >= 11 is 0. The Hall–Kier alpha value is -0.770. The summed E-state index contributed by atoms with van der Waals surface area (Å²) in [5.41, 5.74) is 4.99. The highest BCUT2D eigenvalue weighted by Crippen LogP contribution is 2.13. The van der Waals surface area contributed by atoms with Crippen LogP contribution in [-0.2, 0) is 4.74 Å². The molecule has 0 rings (SSSR count). The molecule has 0 aromatic rings. The number of carbonyl (C=O) groups excluding carboxylic acids is 1. The summed E-state index contributed by atoms with van der Waals surface area (Å²) in [6, 6.07) is 0. The average molecular weight is 216 g/mol. The number of carbonyl (C=O) groups is 1. The van der Waals surface area contributed by atoms with E-state index in [0.717, 1.165) is 25.7 Å². The molecule has 4 heteroatoms. The van der Waals surface area contributed by atoms with Crippen LogP contribution in [0.1, 0.15) is 46.5 Å². The number of rotatable bonds is 7. The van der Waals surface area contributed by atoms with Crippen LogP contribution in [0.2, 0.25) is 0 Å². The van der Waals surface area contributed by atoms with Gasteiger partial charge in [0.15, 0.2) is 0 Å². The number of hydrogen-bond donors (Lipinski definition) is 2. The predicted molar refractivity (Wildman–Crippen MR) is 61.8 cm³/mol. The third-order valence-corrected chi connectivity index (χ3v) is 2.37. The minimum Gasteiger partial charge on any atom is -0.444 e. The van der Waals surface area contributed by atoms with Crippen LogP contribution in [0.5, 0.6) is 0 Å². The van der Waals surface area contributed by atoms with Crippen LogP contribution >= 0.6 is 0 Å². The van der Waals surface area contributed by atoms with Gasteiger partial charge in [-0.15, -0.1) is 0 Å². The number of unbranched alkanes of at least 4 members (excludes halogenated alkanes) is 2. The van der Waals surface area contributed by atoms with Gasteiger partial charge in [0.2, 0.25) is 0 Å². The van der Waals surface area contributed by atoms with E-state index in [2.05, 4.69) is 5.32 Å². The third-order valence-electron chi connectivity index (χ3n) is 2.37. The summed E-state index contributed by atoms with van der Waals surface area (Å²) in [4.78, 5) is 11.3. The van der Waals surface area contributed by atoms with Crippen molar-refractivity contribution in [2.75, 3.05) is 13.1 Å². The molecule has 0 fully saturated rings. The second-order valence-corrected chi connectivity index (χ2v) is 4.28. The molecule has 0 aliphatic rings.